The number of rotatable bonds is 4. The van der Waals surface area contributed by atoms with Crippen LogP contribution in [0.5, 0.6) is 0 Å². The molecule has 1 saturated carbocycles. The summed E-state index contributed by atoms with van der Waals surface area (Å²) in [6.07, 6.45) is 3.24. The molecule has 0 spiro atoms. The Morgan fingerprint density at radius 1 is 1.38 bits per heavy atom. The van der Waals surface area contributed by atoms with Crippen molar-refractivity contribution in [3.05, 3.63) is 33.9 Å². The highest BCUT2D eigenvalue weighted by Gasteiger charge is 2.28. The Balaban J connectivity index is 2.33. The molecule has 2 atom stereocenters. The second-order valence-corrected chi connectivity index (χ2v) is 5.54. The number of nitro groups is 1. The molecule has 0 saturated heterocycles. The van der Waals surface area contributed by atoms with Gasteiger partial charge in [0.2, 0.25) is 0 Å². The summed E-state index contributed by atoms with van der Waals surface area (Å²) in [6, 6.07) is 4.56. The Labute approximate surface area is 123 Å². The van der Waals surface area contributed by atoms with Gasteiger partial charge in [0.25, 0.3) is 5.69 Å². The van der Waals surface area contributed by atoms with Crippen molar-refractivity contribution in [1.29, 1.82) is 0 Å². The zero-order valence-electron chi connectivity index (χ0n) is 12.3. The SMILES string of the molecule is CC(=O)c1ccc(N(C)C2CCCCC2O)cc1[N+](=O)[O-]. The highest BCUT2D eigenvalue weighted by molar-refractivity contribution is 5.98. The molecular weight excluding hydrogens is 272 g/mol. The summed E-state index contributed by atoms with van der Waals surface area (Å²) in [4.78, 5) is 23.9. The van der Waals surface area contributed by atoms with Crippen molar-refractivity contribution in [1.82, 2.24) is 0 Å². The van der Waals surface area contributed by atoms with E-state index >= 15 is 0 Å². The number of hydrogen-bond donors (Lipinski definition) is 1. The second kappa shape index (κ2) is 6.22. The monoisotopic (exact) mass is 292 g/mol. The molecule has 0 aromatic heterocycles. The van der Waals surface area contributed by atoms with E-state index in [1.165, 1.54) is 19.1 Å². The highest BCUT2D eigenvalue weighted by Crippen LogP contribution is 2.30. The molecule has 2 unspecified atom stereocenters. The minimum atomic E-state index is -0.536. The van der Waals surface area contributed by atoms with Crippen molar-refractivity contribution in [3.63, 3.8) is 0 Å². The molecule has 114 valence electrons. The Bertz CT molecular complexity index is 559. The Morgan fingerprint density at radius 3 is 2.62 bits per heavy atom. The van der Waals surface area contributed by atoms with Gasteiger partial charge in [-0.25, -0.2) is 0 Å². The molecule has 0 aliphatic heterocycles. The van der Waals surface area contributed by atoms with Crippen LogP contribution in [0.1, 0.15) is 43.0 Å². The number of aliphatic hydroxyl groups is 1. The number of hydrogen-bond acceptors (Lipinski definition) is 5. The number of Topliss-reactive ketones (excluding diaryl/α,β-unsaturated/α-hetero) is 1. The van der Waals surface area contributed by atoms with Crippen molar-refractivity contribution in [2.45, 2.75) is 44.8 Å². The van der Waals surface area contributed by atoms with Crippen molar-refractivity contribution >= 4 is 17.2 Å². The molecule has 1 aliphatic carbocycles. The van der Waals surface area contributed by atoms with Crippen LogP contribution in [0.25, 0.3) is 0 Å². The number of carbonyl (C=O) groups excluding carboxylic acids is 1. The molecule has 0 radical (unpaired) electrons. The third kappa shape index (κ3) is 3.21. The standard InChI is InChI=1S/C15H20N2O4/c1-10(18)12-8-7-11(9-14(12)17(20)21)16(2)13-5-3-4-6-15(13)19/h7-9,13,15,19H,3-6H2,1-2H3. The molecule has 2 rings (SSSR count). The topological polar surface area (TPSA) is 83.7 Å². The number of benzene rings is 1. The number of aliphatic hydroxyl groups excluding tert-OH is 1. The summed E-state index contributed by atoms with van der Waals surface area (Å²) in [6.45, 7) is 1.32. The summed E-state index contributed by atoms with van der Waals surface area (Å²) < 4.78 is 0. The number of ketones is 1. The number of nitrogens with zero attached hydrogens (tertiary/aromatic N) is 2. The molecule has 1 aliphatic rings. The average molecular weight is 292 g/mol. The van der Waals surface area contributed by atoms with E-state index in [4.69, 9.17) is 0 Å². The van der Waals surface area contributed by atoms with E-state index in [1.54, 1.807) is 6.07 Å². The number of likely N-dealkylation sites (N-methyl/N-ethyl adjacent to an activating group) is 1. The summed E-state index contributed by atoms with van der Waals surface area (Å²) in [5.41, 5.74) is 0.580. The van der Waals surface area contributed by atoms with Crippen molar-refractivity contribution in [2.24, 2.45) is 0 Å². The third-order valence-electron chi connectivity index (χ3n) is 4.16. The third-order valence-corrected chi connectivity index (χ3v) is 4.16. The lowest BCUT2D eigenvalue weighted by Gasteiger charge is -2.36. The number of nitro benzene ring substituents is 1. The Kier molecular flexibility index (Phi) is 4.57. The lowest BCUT2D eigenvalue weighted by molar-refractivity contribution is -0.385. The molecule has 0 amide bonds. The first-order valence-electron chi connectivity index (χ1n) is 7.12. The predicted molar refractivity (Wildman–Crippen MR) is 79.8 cm³/mol. The maximum absolute atomic E-state index is 11.4. The van der Waals surface area contributed by atoms with E-state index in [-0.39, 0.29) is 23.1 Å². The molecule has 6 nitrogen and oxygen atoms in total. The fourth-order valence-corrected chi connectivity index (χ4v) is 2.92. The van der Waals surface area contributed by atoms with Crippen LogP contribution in [-0.4, -0.2) is 35.0 Å². The van der Waals surface area contributed by atoms with Crippen molar-refractivity contribution in [2.75, 3.05) is 11.9 Å². The lowest BCUT2D eigenvalue weighted by Crippen LogP contribution is -2.43. The van der Waals surface area contributed by atoms with Crippen LogP contribution in [0.2, 0.25) is 0 Å². The van der Waals surface area contributed by atoms with Gasteiger partial charge in [-0.2, -0.15) is 0 Å². The molecule has 21 heavy (non-hydrogen) atoms. The summed E-state index contributed by atoms with van der Waals surface area (Å²) in [7, 11) is 1.83. The molecular formula is C15H20N2O4. The van der Waals surface area contributed by atoms with E-state index in [1.807, 2.05) is 11.9 Å². The van der Waals surface area contributed by atoms with E-state index in [0.717, 1.165) is 25.7 Å². The predicted octanol–water partition coefficient (Wildman–Crippen LogP) is 2.54. The molecule has 1 fully saturated rings. The van der Waals surface area contributed by atoms with Gasteiger partial charge in [-0.3, -0.25) is 14.9 Å². The fraction of sp³-hybridized carbons (Fsp3) is 0.533. The molecule has 1 N–H and O–H groups in total. The first-order valence-corrected chi connectivity index (χ1v) is 7.12. The largest absolute Gasteiger partial charge is 0.391 e. The van der Waals surface area contributed by atoms with Crippen LogP contribution in [0.4, 0.5) is 11.4 Å². The van der Waals surface area contributed by atoms with Gasteiger partial charge in [0, 0.05) is 18.8 Å². The van der Waals surface area contributed by atoms with Crippen LogP contribution < -0.4 is 4.90 Å². The van der Waals surface area contributed by atoms with Crippen LogP contribution in [0.3, 0.4) is 0 Å². The first-order chi connectivity index (χ1) is 9.91. The first kappa shape index (κ1) is 15.4. The minimum absolute atomic E-state index is 0.0402. The van der Waals surface area contributed by atoms with Gasteiger partial charge in [-0.15, -0.1) is 0 Å². The van der Waals surface area contributed by atoms with Gasteiger partial charge < -0.3 is 10.0 Å². The summed E-state index contributed by atoms with van der Waals surface area (Å²) in [5, 5.41) is 21.2. The average Bonchev–Trinajstić information content (AvgIpc) is 2.46. The second-order valence-electron chi connectivity index (χ2n) is 5.54. The van der Waals surface area contributed by atoms with Crippen LogP contribution in [-0.2, 0) is 0 Å². The molecule has 6 heteroatoms. The van der Waals surface area contributed by atoms with Crippen molar-refractivity contribution in [3.8, 4) is 0 Å². The van der Waals surface area contributed by atoms with Gasteiger partial charge in [0.15, 0.2) is 5.78 Å². The zero-order chi connectivity index (χ0) is 15.6. The van der Waals surface area contributed by atoms with E-state index < -0.39 is 11.0 Å². The smallest absolute Gasteiger partial charge is 0.282 e. The zero-order valence-corrected chi connectivity index (χ0v) is 12.3. The lowest BCUT2D eigenvalue weighted by atomic mass is 9.91. The summed E-state index contributed by atoms with van der Waals surface area (Å²) in [5.74, 6) is -0.325. The van der Waals surface area contributed by atoms with Gasteiger partial charge >= 0.3 is 0 Å². The molecule has 1 aromatic carbocycles. The fourth-order valence-electron chi connectivity index (χ4n) is 2.92. The molecule has 0 heterocycles. The van der Waals surface area contributed by atoms with Gasteiger partial charge in [0.1, 0.15) is 0 Å². The maximum atomic E-state index is 11.4. The van der Waals surface area contributed by atoms with Gasteiger partial charge in [-0.1, -0.05) is 12.8 Å². The Hall–Kier alpha value is -1.95. The molecule has 1 aromatic rings. The maximum Gasteiger partial charge on any atom is 0.282 e. The van der Waals surface area contributed by atoms with Crippen molar-refractivity contribution < 1.29 is 14.8 Å². The number of carbonyl (C=O) groups is 1. The van der Waals surface area contributed by atoms with E-state index in [0.29, 0.717) is 5.69 Å². The Morgan fingerprint density at radius 2 is 2.05 bits per heavy atom. The highest BCUT2D eigenvalue weighted by atomic mass is 16.6. The quantitative estimate of drug-likeness (QED) is 0.524. The molecule has 0 bridgehead atoms. The van der Waals surface area contributed by atoms with Crippen LogP contribution >= 0.6 is 0 Å². The van der Waals surface area contributed by atoms with Crippen LogP contribution in [0, 0.1) is 10.1 Å². The van der Waals surface area contributed by atoms with E-state index in [2.05, 4.69) is 0 Å². The summed E-state index contributed by atoms with van der Waals surface area (Å²) >= 11 is 0. The van der Waals surface area contributed by atoms with Gasteiger partial charge in [-0.05, 0) is 31.9 Å². The van der Waals surface area contributed by atoms with Gasteiger partial charge in [0.05, 0.1) is 22.6 Å². The minimum Gasteiger partial charge on any atom is -0.391 e. The van der Waals surface area contributed by atoms with Crippen LogP contribution in [0.15, 0.2) is 18.2 Å². The number of anilines is 1. The van der Waals surface area contributed by atoms with E-state index in [9.17, 15) is 20.0 Å². The normalized spacial score (nSPS) is 21.9.